The Morgan fingerprint density at radius 3 is 0.985 bits per heavy atom. The molecule has 2 atom stereocenters. The van der Waals surface area contributed by atoms with Crippen LogP contribution < -0.4 is 10.6 Å². The molecule has 0 saturated heterocycles. The van der Waals surface area contributed by atoms with Crippen molar-refractivity contribution in [2.24, 2.45) is 0 Å². The number of amides is 2. The molecule has 0 aromatic rings. The molecule has 2 aliphatic carbocycles. The van der Waals surface area contributed by atoms with Crippen LogP contribution in [0.25, 0.3) is 0 Å². The number of nitrogens with one attached hydrogen (secondary N) is 2. The van der Waals surface area contributed by atoms with Gasteiger partial charge in [0.25, 0.3) is 0 Å². The lowest BCUT2D eigenvalue weighted by molar-refractivity contribution is -0.258. The van der Waals surface area contributed by atoms with Gasteiger partial charge in [0.1, 0.15) is 0 Å². The summed E-state index contributed by atoms with van der Waals surface area (Å²) in [6, 6.07) is 0. The molecule has 4 rings (SSSR count). The number of fused-ring (bicyclic) bond motifs is 4. The first-order valence-corrected chi connectivity index (χ1v) is 27.7. The fourth-order valence-electron chi connectivity index (χ4n) is 10.0. The first kappa shape index (κ1) is 55.8. The lowest BCUT2D eigenvalue weighted by atomic mass is 9.71. The first-order valence-electron chi connectivity index (χ1n) is 26.0. The third-order valence-corrected chi connectivity index (χ3v) is 17.7. The molecule has 0 unspecified atom stereocenters. The summed E-state index contributed by atoms with van der Waals surface area (Å²) in [5.41, 5.74) is -3.04. The van der Waals surface area contributed by atoms with Crippen LogP contribution in [0.3, 0.4) is 0 Å². The number of thioether (sulfide) groups is 2. The molecule has 4 aliphatic rings. The molecule has 372 valence electrons. The molecule has 12 heteroatoms. The molecule has 1 fully saturated rings. The molecule has 2 heterocycles. The summed E-state index contributed by atoms with van der Waals surface area (Å²) >= 11 is 2.40. The fourth-order valence-corrected chi connectivity index (χ4v) is 13.3. The Bertz CT molecular complexity index is 1530. The van der Waals surface area contributed by atoms with E-state index in [0.717, 1.165) is 38.5 Å². The number of alkyl halides is 6. The van der Waals surface area contributed by atoms with Crippen LogP contribution in [0.15, 0.2) is 44.3 Å². The molecular formula is C53H84F6N2O2S2. The van der Waals surface area contributed by atoms with Crippen LogP contribution in [-0.2, 0) is 9.59 Å². The topological polar surface area (TPSA) is 58.2 Å². The van der Waals surface area contributed by atoms with Crippen LogP contribution in [-0.4, -0.2) is 52.2 Å². The number of hydrogen-bond acceptors (Lipinski definition) is 4. The number of halogens is 6. The van der Waals surface area contributed by atoms with Crippen molar-refractivity contribution in [3.05, 3.63) is 44.3 Å². The predicted octanol–water partition coefficient (Wildman–Crippen LogP) is 17.0. The van der Waals surface area contributed by atoms with Gasteiger partial charge in [-0.3, -0.25) is 9.59 Å². The van der Waals surface area contributed by atoms with Crippen LogP contribution in [0.4, 0.5) is 26.3 Å². The van der Waals surface area contributed by atoms with Gasteiger partial charge in [0.15, 0.2) is 0 Å². The van der Waals surface area contributed by atoms with Crippen molar-refractivity contribution in [2.75, 3.05) is 13.1 Å². The Labute approximate surface area is 398 Å². The molecule has 1 saturated carbocycles. The summed E-state index contributed by atoms with van der Waals surface area (Å²) in [5, 5.41) is 5.89. The number of rotatable bonds is 36. The highest BCUT2D eigenvalue weighted by Gasteiger charge is 2.84. The summed E-state index contributed by atoms with van der Waals surface area (Å²) in [4.78, 5) is 26.8. The minimum Gasteiger partial charge on any atom is -0.356 e. The highest BCUT2D eigenvalue weighted by Crippen LogP contribution is 2.74. The number of unbranched alkanes of at least 4 members (excludes halogenated alkanes) is 26. The monoisotopic (exact) mass is 959 g/mol. The Kier molecular flexibility index (Phi) is 23.5. The van der Waals surface area contributed by atoms with Crippen LogP contribution in [0.2, 0.25) is 0 Å². The van der Waals surface area contributed by atoms with Crippen molar-refractivity contribution in [3.63, 3.8) is 0 Å². The van der Waals surface area contributed by atoms with Crippen molar-refractivity contribution >= 4 is 35.3 Å². The molecule has 0 aromatic heterocycles. The molecule has 2 amide bonds. The maximum atomic E-state index is 15.7. The molecule has 2 aliphatic heterocycles. The second-order valence-corrected chi connectivity index (χ2v) is 22.8. The second-order valence-electron chi connectivity index (χ2n) is 19.7. The van der Waals surface area contributed by atoms with E-state index >= 15 is 26.3 Å². The molecule has 0 aromatic carbocycles. The average Bonchev–Trinajstić information content (AvgIpc) is 3.83. The van der Waals surface area contributed by atoms with Gasteiger partial charge in [-0.15, -0.1) is 23.5 Å². The summed E-state index contributed by atoms with van der Waals surface area (Å²) in [6.07, 6.45) is 37.8. The lowest BCUT2D eigenvalue weighted by Crippen LogP contribution is -2.49. The summed E-state index contributed by atoms with van der Waals surface area (Å²) in [5.74, 6) is -16.2. The highest BCUT2D eigenvalue weighted by molar-refractivity contribution is 8.09. The van der Waals surface area contributed by atoms with Gasteiger partial charge in [-0.2, -0.15) is 26.3 Å². The predicted molar refractivity (Wildman–Crippen MR) is 262 cm³/mol. The van der Waals surface area contributed by atoms with E-state index in [1.807, 2.05) is 0 Å². The van der Waals surface area contributed by atoms with E-state index in [2.05, 4.69) is 24.5 Å². The van der Waals surface area contributed by atoms with E-state index in [-0.39, 0.29) is 48.6 Å². The van der Waals surface area contributed by atoms with Crippen LogP contribution >= 0.6 is 23.5 Å². The Morgan fingerprint density at radius 1 is 0.446 bits per heavy atom. The summed E-state index contributed by atoms with van der Waals surface area (Å²) < 4.78 is 90.8. The van der Waals surface area contributed by atoms with Gasteiger partial charge >= 0.3 is 17.8 Å². The quantitative estimate of drug-likeness (QED) is 0.0485. The molecule has 0 spiro atoms. The fraction of sp³-hybridized carbons (Fsp3) is 0.811. The van der Waals surface area contributed by atoms with Gasteiger partial charge in [0.2, 0.25) is 11.8 Å². The maximum absolute atomic E-state index is 15.7. The zero-order valence-corrected chi connectivity index (χ0v) is 42.2. The van der Waals surface area contributed by atoms with E-state index < -0.39 is 38.4 Å². The lowest BCUT2D eigenvalue weighted by Gasteiger charge is -2.47. The standard InChI is InChI=1S/C53H84F6N2O2S2/c1-5-7-9-11-13-15-17-19-21-23-25-27-29-31-37-60-45(62)35-33-41-39-43-47-48(52(56,57)53(58,59)51(47,54)55)44-40-42(65-50(44,4)49(43,3)64-41)34-36-46(63)61-38-32-30-28-26-24-22-20-18-16-14-12-10-8-6-2/h39-40H,5-38H2,1-4H3,(H,60,62)(H,61,63)/t49-,50-/m1/s1. The largest absolute Gasteiger partial charge is 0.380 e. The van der Waals surface area contributed by atoms with Gasteiger partial charge in [0, 0.05) is 37.1 Å². The molecule has 0 bridgehead atoms. The normalized spacial score (nSPS) is 22.5. The summed E-state index contributed by atoms with van der Waals surface area (Å²) in [6.45, 7) is 8.87. The van der Waals surface area contributed by atoms with Crippen molar-refractivity contribution in [1.29, 1.82) is 0 Å². The van der Waals surface area contributed by atoms with E-state index in [1.54, 1.807) is 13.8 Å². The molecule has 0 radical (unpaired) electrons. The Morgan fingerprint density at radius 2 is 0.708 bits per heavy atom. The number of allylic oxidation sites excluding steroid dienone is 6. The third-order valence-electron chi connectivity index (χ3n) is 14.3. The van der Waals surface area contributed by atoms with Crippen molar-refractivity contribution < 1.29 is 35.9 Å². The minimum atomic E-state index is -5.63. The van der Waals surface area contributed by atoms with Crippen LogP contribution in [0.1, 0.15) is 233 Å². The van der Waals surface area contributed by atoms with E-state index in [1.165, 1.54) is 177 Å². The molecular weight excluding hydrogens is 875 g/mol. The minimum absolute atomic E-state index is 0.0633. The van der Waals surface area contributed by atoms with Crippen molar-refractivity contribution in [2.45, 2.75) is 260 Å². The van der Waals surface area contributed by atoms with E-state index in [9.17, 15) is 9.59 Å². The SMILES string of the molecule is CCCCCCCCCCCCCCCCNC(=O)CCC1=CC2=C3C(=C4C=C(CCC(=O)NCCCCCCCCCCCCCCCC)S[C@@]4(C)[C@]2(C)S1)C(F)(F)C(F)(F)C3(F)F. The van der Waals surface area contributed by atoms with Gasteiger partial charge in [-0.25, -0.2) is 0 Å². The van der Waals surface area contributed by atoms with Crippen LogP contribution in [0.5, 0.6) is 0 Å². The van der Waals surface area contributed by atoms with Gasteiger partial charge in [-0.1, -0.05) is 181 Å². The number of carbonyl (C=O) groups excluding carboxylic acids is 2. The zero-order chi connectivity index (χ0) is 47.4. The molecule has 65 heavy (non-hydrogen) atoms. The summed E-state index contributed by atoms with van der Waals surface area (Å²) in [7, 11) is 0. The van der Waals surface area contributed by atoms with E-state index in [0.29, 0.717) is 22.9 Å². The molecule has 2 N–H and O–H groups in total. The van der Waals surface area contributed by atoms with E-state index in [4.69, 9.17) is 0 Å². The zero-order valence-electron chi connectivity index (χ0n) is 40.6. The Balaban J connectivity index is 1.21. The third kappa shape index (κ3) is 14.8. The second kappa shape index (κ2) is 27.4. The smallest absolute Gasteiger partial charge is 0.356 e. The van der Waals surface area contributed by atoms with Crippen molar-refractivity contribution in [3.8, 4) is 0 Å². The van der Waals surface area contributed by atoms with Gasteiger partial charge < -0.3 is 10.6 Å². The first-order chi connectivity index (χ1) is 31.1. The van der Waals surface area contributed by atoms with Gasteiger partial charge in [-0.05, 0) is 72.6 Å². The van der Waals surface area contributed by atoms with Crippen LogP contribution in [0, 0.1) is 0 Å². The number of carbonyl (C=O) groups is 2. The van der Waals surface area contributed by atoms with Crippen molar-refractivity contribution in [1.82, 2.24) is 10.6 Å². The molecule has 4 nitrogen and oxygen atoms in total. The van der Waals surface area contributed by atoms with Gasteiger partial charge in [0.05, 0.1) is 9.49 Å². The maximum Gasteiger partial charge on any atom is 0.380 e. The average molecular weight is 959 g/mol. The highest BCUT2D eigenvalue weighted by atomic mass is 32.2. The number of hydrogen-bond donors (Lipinski definition) is 2. The Hall–Kier alpha value is -1.82.